The summed E-state index contributed by atoms with van der Waals surface area (Å²) in [6.07, 6.45) is 1.27. The van der Waals surface area contributed by atoms with Crippen molar-refractivity contribution in [2.75, 3.05) is 0 Å². The molecule has 0 nitrogen and oxygen atoms in total. The van der Waals surface area contributed by atoms with Crippen molar-refractivity contribution in [1.82, 2.24) is 0 Å². The van der Waals surface area contributed by atoms with Crippen molar-refractivity contribution < 1.29 is 13.2 Å². The smallest absolute Gasteiger partial charge is 0.171 e. The molecule has 0 aromatic carbocycles. The molecule has 1 aliphatic carbocycles. The van der Waals surface area contributed by atoms with Crippen molar-refractivity contribution >= 4 is 0 Å². The van der Waals surface area contributed by atoms with Crippen LogP contribution in [0.25, 0.3) is 0 Å². The highest BCUT2D eigenvalue weighted by Crippen LogP contribution is 2.33. The maximum atomic E-state index is 11.9. The normalized spacial score (nSPS) is 29.1. The molecular formula is C11H19F3. The highest BCUT2D eigenvalue weighted by atomic mass is 19.4. The lowest BCUT2D eigenvalue weighted by Gasteiger charge is -2.26. The van der Waals surface area contributed by atoms with Gasteiger partial charge in [-0.1, -0.05) is 32.6 Å². The predicted octanol–water partition coefficient (Wildman–Crippen LogP) is 4.55. The van der Waals surface area contributed by atoms with Crippen molar-refractivity contribution in [2.24, 2.45) is 11.8 Å². The van der Waals surface area contributed by atoms with E-state index >= 15 is 0 Å². The van der Waals surface area contributed by atoms with Crippen molar-refractivity contribution in [3.05, 3.63) is 0 Å². The molecule has 84 valence electrons. The third kappa shape index (κ3) is 4.87. The first kappa shape index (κ1) is 11.9. The average Bonchev–Trinajstić information content (AvgIpc) is 2.01. The highest BCUT2D eigenvalue weighted by molar-refractivity contribution is 4.70. The molecule has 1 rings (SSSR count). The van der Waals surface area contributed by atoms with Gasteiger partial charge in [0.25, 0.3) is 0 Å². The molecule has 1 saturated carbocycles. The number of hydrogen-bond donors (Lipinski definition) is 0. The van der Waals surface area contributed by atoms with Crippen LogP contribution in [0.4, 0.5) is 13.2 Å². The lowest BCUT2D eigenvalue weighted by molar-refractivity contribution is -0.136. The summed E-state index contributed by atoms with van der Waals surface area (Å²) < 4.78 is 35.7. The fraction of sp³-hybridized carbons (Fsp3) is 1.00. The van der Waals surface area contributed by atoms with Crippen LogP contribution in [-0.2, 0) is 0 Å². The van der Waals surface area contributed by atoms with Crippen molar-refractivity contribution in [2.45, 2.75) is 58.0 Å². The molecule has 14 heavy (non-hydrogen) atoms. The molecule has 0 aromatic heterocycles. The van der Waals surface area contributed by atoms with E-state index in [4.69, 9.17) is 0 Å². The monoisotopic (exact) mass is 208 g/mol. The number of hydrogen-bond acceptors (Lipinski definition) is 0. The van der Waals surface area contributed by atoms with Gasteiger partial charge in [0.05, 0.1) is 0 Å². The maximum Gasteiger partial charge on any atom is 0.389 e. The molecular weight excluding hydrogens is 189 g/mol. The minimum absolute atomic E-state index is 0.320. The lowest BCUT2D eigenvalue weighted by atomic mass is 9.80. The molecule has 0 aromatic rings. The molecule has 0 spiro atoms. The summed E-state index contributed by atoms with van der Waals surface area (Å²) in [6.45, 7) is 2.20. The second-order valence-electron chi connectivity index (χ2n) is 4.65. The first-order valence-electron chi connectivity index (χ1n) is 5.54. The molecule has 0 heterocycles. The number of alkyl halides is 3. The van der Waals surface area contributed by atoms with Gasteiger partial charge in [0.1, 0.15) is 0 Å². The summed E-state index contributed by atoms with van der Waals surface area (Å²) >= 11 is 0. The molecule has 0 saturated heterocycles. The first-order chi connectivity index (χ1) is 6.47. The Morgan fingerprint density at radius 1 is 1.21 bits per heavy atom. The molecule has 1 fully saturated rings. The van der Waals surface area contributed by atoms with E-state index in [1.807, 2.05) is 0 Å². The van der Waals surface area contributed by atoms with Gasteiger partial charge < -0.3 is 0 Å². The van der Waals surface area contributed by atoms with Gasteiger partial charge in [-0.25, -0.2) is 0 Å². The Balaban J connectivity index is 2.12. The largest absolute Gasteiger partial charge is 0.389 e. The Hall–Kier alpha value is -0.210. The van der Waals surface area contributed by atoms with E-state index in [-0.39, 0.29) is 0 Å². The Bertz CT molecular complexity index is 162. The summed E-state index contributed by atoms with van der Waals surface area (Å²) in [6, 6.07) is 0. The Morgan fingerprint density at radius 2 is 1.93 bits per heavy atom. The SMILES string of the molecule is CC1CCCC(CCCC(F)(F)F)C1. The molecule has 0 N–H and O–H groups in total. The van der Waals surface area contributed by atoms with Gasteiger partial charge in [-0.05, 0) is 24.7 Å². The summed E-state index contributed by atoms with van der Waals surface area (Å²) in [5, 5.41) is 0. The molecule has 0 radical (unpaired) electrons. The van der Waals surface area contributed by atoms with E-state index in [2.05, 4.69) is 6.92 Å². The van der Waals surface area contributed by atoms with Crippen LogP contribution in [0, 0.1) is 11.8 Å². The average molecular weight is 208 g/mol. The van der Waals surface area contributed by atoms with Gasteiger partial charge in [0.2, 0.25) is 0 Å². The van der Waals surface area contributed by atoms with Gasteiger partial charge in [0.15, 0.2) is 0 Å². The minimum atomic E-state index is -3.96. The highest BCUT2D eigenvalue weighted by Gasteiger charge is 2.27. The van der Waals surface area contributed by atoms with Gasteiger partial charge in [-0.15, -0.1) is 0 Å². The standard InChI is InChI=1S/C11H19F3/c1-9-4-2-5-10(8-9)6-3-7-11(12,13)14/h9-10H,2-8H2,1H3. The molecule has 0 amide bonds. The van der Waals surface area contributed by atoms with Crippen LogP contribution >= 0.6 is 0 Å². The summed E-state index contributed by atoms with van der Waals surface area (Å²) in [4.78, 5) is 0. The van der Waals surface area contributed by atoms with E-state index in [0.29, 0.717) is 12.3 Å². The molecule has 3 heteroatoms. The predicted molar refractivity (Wildman–Crippen MR) is 51.0 cm³/mol. The Labute approximate surface area is 83.9 Å². The van der Waals surface area contributed by atoms with Crippen LogP contribution < -0.4 is 0 Å². The van der Waals surface area contributed by atoms with Crippen LogP contribution in [-0.4, -0.2) is 6.18 Å². The topological polar surface area (TPSA) is 0 Å². The van der Waals surface area contributed by atoms with Crippen LogP contribution in [0.1, 0.15) is 51.9 Å². The third-order valence-corrected chi connectivity index (χ3v) is 3.12. The van der Waals surface area contributed by atoms with Crippen LogP contribution in [0.2, 0.25) is 0 Å². The fourth-order valence-electron chi connectivity index (χ4n) is 2.41. The maximum absolute atomic E-state index is 11.9. The van der Waals surface area contributed by atoms with E-state index in [0.717, 1.165) is 25.2 Å². The summed E-state index contributed by atoms with van der Waals surface area (Å²) in [5.74, 6) is 1.28. The molecule has 1 aliphatic rings. The quantitative estimate of drug-likeness (QED) is 0.638. The van der Waals surface area contributed by atoms with E-state index in [1.54, 1.807) is 0 Å². The van der Waals surface area contributed by atoms with Gasteiger partial charge in [-0.3, -0.25) is 0 Å². The third-order valence-electron chi connectivity index (χ3n) is 3.12. The van der Waals surface area contributed by atoms with Gasteiger partial charge in [0, 0.05) is 6.42 Å². The van der Waals surface area contributed by atoms with Crippen LogP contribution in [0.5, 0.6) is 0 Å². The molecule has 2 atom stereocenters. The molecule has 0 aliphatic heterocycles. The fourth-order valence-corrected chi connectivity index (χ4v) is 2.41. The number of halogens is 3. The molecule has 2 unspecified atom stereocenters. The second kappa shape index (κ2) is 5.04. The van der Waals surface area contributed by atoms with Crippen molar-refractivity contribution in [3.63, 3.8) is 0 Å². The Morgan fingerprint density at radius 3 is 2.50 bits per heavy atom. The summed E-state index contributed by atoms with van der Waals surface area (Å²) in [7, 11) is 0. The van der Waals surface area contributed by atoms with E-state index in [9.17, 15) is 13.2 Å². The Kier molecular flexibility index (Phi) is 4.27. The zero-order valence-electron chi connectivity index (χ0n) is 8.74. The second-order valence-corrected chi connectivity index (χ2v) is 4.65. The lowest BCUT2D eigenvalue weighted by Crippen LogP contribution is -2.14. The number of rotatable bonds is 3. The molecule has 0 bridgehead atoms. The van der Waals surface area contributed by atoms with Gasteiger partial charge >= 0.3 is 6.18 Å². The zero-order chi connectivity index (χ0) is 10.6. The van der Waals surface area contributed by atoms with Crippen LogP contribution in [0.3, 0.4) is 0 Å². The summed E-state index contributed by atoms with van der Waals surface area (Å²) in [5.41, 5.74) is 0. The van der Waals surface area contributed by atoms with E-state index in [1.165, 1.54) is 12.8 Å². The van der Waals surface area contributed by atoms with Crippen molar-refractivity contribution in [3.8, 4) is 0 Å². The zero-order valence-corrected chi connectivity index (χ0v) is 8.74. The van der Waals surface area contributed by atoms with Crippen molar-refractivity contribution in [1.29, 1.82) is 0 Å². The van der Waals surface area contributed by atoms with Gasteiger partial charge in [-0.2, -0.15) is 13.2 Å². The first-order valence-corrected chi connectivity index (χ1v) is 5.54. The van der Waals surface area contributed by atoms with Crippen LogP contribution in [0.15, 0.2) is 0 Å². The minimum Gasteiger partial charge on any atom is -0.171 e. The van der Waals surface area contributed by atoms with E-state index < -0.39 is 12.6 Å².